The molecule has 0 spiro atoms. The Morgan fingerprint density at radius 3 is 2.27 bits per heavy atom. The van der Waals surface area contributed by atoms with E-state index >= 15 is 0 Å². The van der Waals surface area contributed by atoms with E-state index in [0.717, 1.165) is 0 Å². The number of esters is 1. The summed E-state index contributed by atoms with van der Waals surface area (Å²) >= 11 is 0. The minimum Gasteiger partial charge on any atom is -0.496 e. The van der Waals surface area contributed by atoms with Crippen molar-refractivity contribution in [3.8, 4) is 28.7 Å². The first-order chi connectivity index (χ1) is 14.4. The number of hydrogen-bond donors (Lipinski definition) is 0. The van der Waals surface area contributed by atoms with Crippen molar-refractivity contribution in [2.24, 2.45) is 0 Å². The Labute approximate surface area is 173 Å². The van der Waals surface area contributed by atoms with Crippen LogP contribution in [-0.4, -0.2) is 46.3 Å². The van der Waals surface area contributed by atoms with Gasteiger partial charge in [0.15, 0.2) is 23.4 Å². The second-order valence-corrected chi connectivity index (χ2v) is 6.33. The quantitative estimate of drug-likeness (QED) is 0.504. The van der Waals surface area contributed by atoms with Gasteiger partial charge in [0.05, 0.1) is 34.0 Å². The normalized spacial score (nSPS) is 14.6. The van der Waals surface area contributed by atoms with Gasteiger partial charge in [0, 0.05) is 17.7 Å². The maximum absolute atomic E-state index is 12.8. The first kappa shape index (κ1) is 21.0. The number of benzene rings is 2. The molecule has 1 atom stereocenters. The molecule has 3 rings (SSSR count). The molecular weight excluding hydrogens is 392 g/mol. The summed E-state index contributed by atoms with van der Waals surface area (Å²) in [5.74, 6) is 1.52. The van der Waals surface area contributed by atoms with Crippen molar-refractivity contribution in [2.75, 3.05) is 28.4 Å². The number of Topliss-reactive ketones (excluding diaryl/α,β-unsaturated/α-hetero) is 1. The zero-order valence-electron chi connectivity index (χ0n) is 17.3. The number of ketones is 1. The second kappa shape index (κ2) is 8.77. The fourth-order valence-electron chi connectivity index (χ4n) is 2.97. The lowest BCUT2D eigenvalue weighted by Crippen LogP contribution is -2.24. The van der Waals surface area contributed by atoms with Crippen LogP contribution in [0.2, 0.25) is 0 Å². The van der Waals surface area contributed by atoms with E-state index in [9.17, 15) is 9.59 Å². The molecule has 0 aliphatic carbocycles. The van der Waals surface area contributed by atoms with E-state index < -0.39 is 12.1 Å². The summed E-state index contributed by atoms with van der Waals surface area (Å²) in [6.07, 6.45) is 0.775. The van der Waals surface area contributed by atoms with Crippen LogP contribution in [0.25, 0.3) is 6.08 Å². The van der Waals surface area contributed by atoms with E-state index in [4.69, 9.17) is 23.7 Å². The fraction of sp³-hybridized carbons (Fsp3) is 0.273. The van der Waals surface area contributed by atoms with Gasteiger partial charge >= 0.3 is 5.97 Å². The molecule has 0 N–H and O–H groups in total. The number of carbonyl (C=O) groups is 2. The lowest BCUT2D eigenvalue weighted by atomic mass is 10.1. The summed E-state index contributed by atoms with van der Waals surface area (Å²) in [5, 5.41) is 0. The third kappa shape index (κ3) is 4.03. The van der Waals surface area contributed by atoms with Crippen LogP contribution in [0.15, 0.2) is 36.1 Å². The largest absolute Gasteiger partial charge is 0.496 e. The Balaban J connectivity index is 1.91. The van der Waals surface area contributed by atoms with Crippen molar-refractivity contribution in [3.63, 3.8) is 0 Å². The number of fused-ring (bicyclic) bond motifs is 1. The zero-order chi connectivity index (χ0) is 21.8. The molecule has 0 fully saturated rings. The molecule has 1 aliphatic heterocycles. The minimum atomic E-state index is -0.795. The van der Waals surface area contributed by atoms with E-state index in [1.54, 1.807) is 43.3 Å². The van der Waals surface area contributed by atoms with Gasteiger partial charge in [-0.15, -0.1) is 0 Å². The maximum Gasteiger partial charge on any atom is 0.346 e. The highest BCUT2D eigenvalue weighted by molar-refractivity contribution is 6.14. The SMILES string of the molecule is COC(=O)[C@@H](C)Oc1ccc2c(c1)O/C(=C\c1cc(OC)c(OC)cc1OC)C2=O. The van der Waals surface area contributed by atoms with Gasteiger partial charge in [0.2, 0.25) is 5.78 Å². The average Bonchev–Trinajstić information content (AvgIpc) is 3.07. The number of hydrogen-bond acceptors (Lipinski definition) is 8. The molecule has 0 saturated heterocycles. The zero-order valence-corrected chi connectivity index (χ0v) is 17.3. The standard InChI is InChI=1S/C22H22O8/c1-12(22(24)28-5)29-14-6-7-15-17(10-14)30-20(21(15)23)9-13-8-18(26-3)19(27-4)11-16(13)25-2/h6-12H,1-5H3/b20-9-/t12-/m1/s1. The van der Waals surface area contributed by atoms with Gasteiger partial charge in [-0.05, 0) is 31.2 Å². The van der Waals surface area contributed by atoms with Crippen LogP contribution < -0.4 is 23.7 Å². The van der Waals surface area contributed by atoms with Crippen LogP contribution in [0.4, 0.5) is 0 Å². The summed E-state index contributed by atoms with van der Waals surface area (Å²) < 4.78 is 31.9. The maximum atomic E-state index is 12.8. The van der Waals surface area contributed by atoms with Gasteiger partial charge < -0.3 is 28.4 Å². The number of ether oxygens (including phenoxy) is 6. The van der Waals surface area contributed by atoms with Crippen LogP contribution in [0.5, 0.6) is 28.7 Å². The van der Waals surface area contributed by atoms with E-state index in [1.165, 1.54) is 28.4 Å². The van der Waals surface area contributed by atoms with Crippen molar-refractivity contribution < 1.29 is 38.0 Å². The van der Waals surface area contributed by atoms with Gasteiger partial charge in [-0.25, -0.2) is 4.79 Å². The van der Waals surface area contributed by atoms with E-state index in [2.05, 4.69) is 4.74 Å². The van der Waals surface area contributed by atoms with Gasteiger partial charge in [-0.2, -0.15) is 0 Å². The van der Waals surface area contributed by atoms with E-state index in [-0.39, 0.29) is 11.5 Å². The molecule has 158 valence electrons. The van der Waals surface area contributed by atoms with Crippen LogP contribution in [0.1, 0.15) is 22.8 Å². The molecule has 8 nitrogen and oxygen atoms in total. The van der Waals surface area contributed by atoms with Crippen LogP contribution in [-0.2, 0) is 9.53 Å². The van der Waals surface area contributed by atoms with Crippen molar-refractivity contribution in [1.29, 1.82) is 0 Å². The fourth-order valence-corrected chi connectivity index (χ4v) is 2.97. The lowest BCUT2D eigenvalue weighted by molar-refractivity contribution is -0.147. The number of rotatable bonds is 7. The highest BCUT2D eigenvalue weighted by atomic mass is 16.6. The molecule has 0 aromatic heterocycles. The van der Waals surface area contributed by atoms with Crippen LogP contribution in [0.3, 0.4) is 0 Å². The molecule has 0 bridgehead atoms. The molecule has 8 heteroatoms. The monoisotopic (exact) mass is 414 g/mol. The average molecular weight is 414 g/mol. The van der Waals surface area contributed by atoms with Crippen molar-refractivity contribution in [2.45, 2.75) is 13.0 Å². The Morgan fingerprint density at radius 1 is 0.967 bits per heavy atom. The summed E-state index contributed by atoms with van der Waals surface area (Å²) in [6.45, 7) is 1.57. The first-order valence-corrected chi connectivity index (χ1v) is 9.04. The van der Waals surface area contributed by atoms with E-state index in [0.29, 0.717) is 39.9 Å². The summed E-state index contributed by atoms with van der Waals surface area (Å²) in [5.41, 5.74) is 0.973. The summed E-state index contributed by atoms with van der Waals surface area (Å²) in [6, 6.07) is 8.09. The molecular formula is C22H22O8. The summed E-state index contributed by atoms with van der Waals surface area (Å²) in [7, 11) is 5.84. The van der Waals surface area contributed by atoms with Gasteiger partial charge in [0.25, 0.3) is 0 Å². The second-order valence-electron chi connectivity index (χ2n) is 6.33. The number of allylic oxidation sites excluding steroid dienone is 1. The highest BCUT2D eigenvalue weighted by Gasteiger charge is 2.29. The molecule has 0 radical (unpaired) electrons. The van der Waals surface area contributed by atoms with Gasteiger partial charge in [-0.3, -0.25) is 4.79 Å². The van der Waals surface area contributed by atoms with Gasteiger partial charge in [-0.1, -0.05) is 0 Å². The Morgan fingerprint density at radius 2 is 1.63 bits per heavy atom. The first-order valence-electron chi connectivity index (χ1n) is 9.04. The molecule has 30 heavy (non-hydrogen) atoms. The Kier molecular flexibility index (Phi) is 6.15. The molecule has 1 aliphatic rings. The lowest BCUT2D eigenvalue weighted by Gasteiger charge is -2.13. The Bertz CT molecular complexity index is 1010. The molecule has 0 unspecified atom stereocenters. The molecule has 2 aromatic carbocycles. The molecule has 1 heterocycles. The topological polar surface area (TPSA) is 89.5 Å². The van der Waals surface area contributed by atoms with Crippen LogP contribution >= 0.6 is 0 Å². The predicted octanol–water partition coefficient (Wildman–Crippen LogP) is 3.27. The van der Waals surface area contributed by atoms with E-state index in [1.807, 2.05) is 0 Å². The van der Waals surface area contributed by atoms with Crippen molar-refractivity contribution in [3.05, 3.63) is 47.2 Å². The summed E-state index contributed by atoms with van der Waals surface area (Å²) in [4.78, 5) is 24.3. The van der Waals surface area contributed by atoms with Gasteiger partial charge in [0.1, 0.15) is 17.2 Å². The Hall–Kier alpha value is -3.68. The van der Waals surface area contributed by atoms with Crippen molar-refractivity contribution >= 4 is 17.8 Å². The third-order valence-corrected chi connectivity index (χ3v) is 4.51. The van der Waals surface area contributed by atoms with Crippen molar-refractivity contribution in [1.82, 2.24) is 0 Å². The smallest absolute Gasteiger partial charge is 0.346 e. The highest BCUT2D eigenvalue weighted by Crippen LogP contribution is 2.39. The molecule has 0 amide bonds. The molecule has 0 saturated carbocycles. The number of carbonyl (C=O) groups excluding carboxylic acids is 2. The van der Waals surface area contributed by atoms with Crippen LogP contribution in [0, 0.1) is 0 Å². The number of methoxy groups -OCH3 is 4. The molecule has 2 aromatic rings. The third-order valence-electron chi connectivity index (χ3n) is 4.51. The predicted molar refractivity (Wildman–Crippen MR) is 108 cm³/mol. The minimum absolute atomic E-state index is 0.119.